The van der Waals surface area contributed by atoms with Crippen LogP contribution in [0.1, 0.15) is 25.7 Å². The molecule has 25 heavy (non-hydrogen) atoms. The van der Waals surface area contributed by atoms with Crippen molar-refractivity contribution in [3.8, 4) is 5.75 Å². The Balaban J connectivity index is 0.00000225. The maximum absolute atomic E-state index is 11.9. The van der Waals surface area contributed by atoms with Crippen LogP contribution in [0.25, 0.3) is 0 Å². The molecular formula is C18H26ClN3O3. The first-order chi connectivity index (χ1) is 11.7. The second-order valence-electron chi connectivity index (χ2n) is 6.43. The lowest BCUT2D eigenvalue weighted by Crippen LogP contribution is -2.31. The number of nitrogens with zero attached hydrogens (tertiary/aromatic N) is 1. The van der Waals surface area contributed by atoms with E-state index in [4.69, 9.17) is 4.74 Å². The molecule has 0 aromatic heterocycles. The smallest absolute Gasteiger partial charge is 0.257 e. The summed E-state index contributed by atoms with van der Waals surface area (Å²) in [6.45, 7) is 3.57. The molecule has 2 amide bonds. The van der Waals surface area contributed by atoms with Crippen molar-refractivity contribution in [2.75, 3.05) is 37.7 Å². The lowest BCUT2D eigenvalue weighted by Gasteiger charge is -2.16. The molecule has 2 aliphatic rings. The summed E-state index contributed by atoms with van der Waals surface area (Å²) in [6, 6.07) is 7.37. The van der Waals surface area contributed by atoms with E-state index >= 15 is 0 Å². The molecule has 2 aliphatic heterocycles. The van der Waals surface area contributed by atoms with E-state index in [-0.39, 0.29) is 30.8 Å². The Morgan fingerprint density at radius 2 is 2.28 bits per heavy atom. The fraction of sp³-hybridized carbons (Fsp3) is 0.556. The molecule has 138 valence electrons. The molecule has 7 heteroatoms. The van der Waals surface area contributed by atoms with Crippen LogP contribution in [-0.2, 0) is 9.59 Å². The molecule has 2 saturated heterocycles. The molecule has 6 nitrogen and oxygen atoms in total. The fourth-order valence-electron chi connectivity index (χ4n) is 3.24. The van der Waals surface area contributed by atoms with Crippen LogP contribution in [0.4, 0.5) is 5.69 Å². The number of halogens is 1. The number of amides is 2. The fourth-order valence-corrected chi connectivity index (χ4v) is 3.24. The highest BCUT2D eigenvalue weighted by molar-refractivity contribution is 5.95. The van der Waals surface area contributed by atoms with Gasteiger partial charge in [0.2, 0.25) is 5.91 Å². The summed E-state index contributed by atoms with van der Waals surface area (Å²) in [5.74, 6) is 1.32. The van der Waals surface area contributed by atoms with Crippen molar-refractivity contribution in [3.05, 3.63) is 24.3 Å². The molecule has 2 N–H and O–H groups in total. The number of nitrogens with one attached hydrogen (secondary N) is 2. The SMILES string of the molecule is Cl.O=C(COc1cccc(N2CCCC2=O)c1)NCCC1CCNC1. The highest BCUT2D eigenvalue weighted by atomic mass is 35.5. The van der Waals surface area contributed by atoms with Gasteiger partial charge in [-0.2, -0.15) is 0 Å². The lowest BCUT2D eigenvalue weighted by molar-refractivity contribution is -0.123. The number of benzene rings is 1. The molecule has 3 rings (SSSR count). The number of ether oxygens (including phenoxy) is 1. The molecule has 1 aromatic carbocycles. The van der Waals surface area contributed by atoms with Gasteiger partial charge < -0.3 is 20.3 Å². The highest BCUT2D eigenvalue weighted by Crippen LogP contribution is 2.25. The Morgan fingerprint density at radius 1 is 1.40 bits per heavy atom. The summed E-state index contributed by atoms with van der Waals surface area (Å²) < 4.78 is 5.56. The Morgan fingerprint density at radius 3 is 3.00 bits per heavy atom. The molecule has 2 fully saturated rings. The first-order valence-electron chi connectivity index (χ1n) is 8.73. The van der Waals surface area contributed by atoms with Gasteiger partial charge in [-0.05, 0) is 50.4 Å². The van der Waals surface area contributed by atoms with Crippen LogP contribution in [0.2, 0.25) is 0 Å². The maximum atomic E-state index is 11.9. The molecule has 0 spiro atoms. The minimum Gasteiger partial charge on any atom is -0.484 e. The summed E-state index contributed by atoms with van der Waals surface area (Å²) in [6.07, 6.45) is 3.69. The van der Waals surface area contributed by atoms with Gasteiger partial charge in [0.05, 0.1) is 0 Å². The average molecular weight is 368 g/mol. The van der Waals surface area contributed by atoms with Gasteiger partial charge in [-0.1, -0.05) is 6.07 Å². The van der Waals surface area contributed by atoms with Crippen LogP contribution >= 0.6 is 12.4 Å². The minimum atomic E-state index is -0.108. The van der Waals surface area contributed by atoms with E-state index in [1.807, 2.05) is 24.3 Å². The van der Waals surface area contributed by atoms with E-state index in [2.05, 4.69) is 10.6 Å². The molecule has 0 radical (unpaired) electrons. The van der Waals surface area contributed by atoms with E-state index in [0.29, 0.717) is 24.6 Å². The monoisotopic (exact) mass is 367 g/mol. The zero-order valence-electron chi connectivity index (χ0n) is 14.3. The van der Waals surface area contributed by atoms with Crippen molar-refractivity contribution >= 4 is 29.9 Å². The van der Waals surface area contributed by atoms with E-state index in [1.54, 1.807) is 4.90 Å². The summed E-state index contributed by atoms with van der Waals surface area (Å²) >= 11 is 0. The first kappa shape index (κ1) is 19.5. The third kappa shape index (κ3) is 5.61. The summed E-state index contributed by atoms with van der Waals surface area (Å²) in [7, 11) is 0. The van der Waals surface area contributed by atoms with Gasteiger partial charge in [0, 0.05) is 31.3 Å². The molecule has 1 unspecified atom stereocenters. The number of rotatable bonds is 7. The third-order valence-electron chi connectivity index (χ3n) is 4.61. The van der Waals surface area contributed by atoms with Crippen LogP contribution in [0.15, 0.2) is 24.3 Å². The van der Waals surface area contributed by atoms with Gasteiger partial charge in [0.25, 0.3) is 5.91 Å². The molecule has 0 saturated carbocycles. The summed E-state index contributed by atoms with van der Waals surface area (Å²) in [4.78, 5) is 25.4. The van der Waals surface area contributed by atoms with Gasteiger partial charge in [-0.3, -0.25) is 9.59 Å². The van der Waals surface area contributed by atoms with Crippen LogP contribution in [0.3, 0.4) is 0 Å². The maximum Gasteiger partial charge on any atom is 0.257 e. The Bertz CT molecular complexity index is 591. The standard InChI is InChI=1S/C18H25N3O3.ClH/c22-17(20-9-7-14-6-8-19-12-14)13-24-16-4-1-3-15(11-16)21-10-2-5-18(21)23;/h1,3-4,11,14,19H,2,5-10,12-13H2,(H,20,22);1H. The van der Waals surface area contributed by atoms with E-state index in [9.17, 15) is 9.59 Å². The predicted octanol–water partition coefficient (Wildman–Crippen LogP) is 1.73. The van der Waals surface area contributed by atoms with Gasteiger partial charge in [-0.15, -0.1) is 12.4 Å². The lowest BCUT2D eigenvalue weighted by atomic mass is 10.1. The number of hydrogen-bond donors (Lipinski definition) is 2. The summed E-state index contributed by atoms with van der Waals surface area (Å²) in [5.41, 5.74) is 0.837. The highest BCUT2D eigenvalue weighted by Gasteiger charge is 2.21. The van der Waals surface area contributed by atoms with Crippen LogP contribution in [-0.4, -0.2) is 44.6 Å². The van der Waals surface area contributed by atoms with Crippen molar-refractivity contribution in [1.82, 2.24) is 10.6 Å². The van der Waals surface area contributed by atoms with Gasteiger partial charge >= 0.3 is 0 Å². The minimum absolute atomic E-state index is 0. The van der Waals surface area contributed by atoms with Crippen LogP contribution in [0, 0.1) is 5.92 Å². The second kappa shape index (κ2) is 9.63. The number of hydrogen-bond acceptors (Lipinski definition) is 4. The Kier molecular flexibility index (Phi) is 7.52. The van der Waals surface area contributed by atoms with Crippen molar-refractivity contribution in [2.45, 2.75) is 25.7 Å². The number of anilines is 1. The van der Waals surface area contributed by atoms with Crippen molar-refractivity contribution in [1.29, 1.82) is 0 Å². The van der Waals surface area contributed by atoms with E-state index in [1.165, 1.54) is 6.42 Å². The molecule has 0 bridgehead atoms. The molecule has 2 heterocycles. The van der Waals surface area contributed by atoms with E-state index in [0.717, 1.165) is 38.2 Å². The number of carbonyl (C=O) groups is 2. The average Bonchev–Trinajstić information content (AvgIpc) is 3.25. The van der Waals surface area contributed by atoms with Gasteiger partial charge in [0.1, 0.15) is 5.75 Å². The van der Waals surface area contributed by atoms with E-state index < -0.39 is 0 Å². The van der Waals surface area contributed by atoms with Crippen LogP contribution in [0.5, 0.6) is 5.75 Å². The third-order valence-corrected chi connectivity index (χ3v) is 4.61. The largest absolute Gasteiger partial charge is 0.484 e. The Labute approximate surface area is 154 Å². The molecule has 0 aliphatic carbocycles. The van der Waals surface area contributed by atoms with Gasteiger partial charge in [-0.25, -0.2) is 0 Å². The quantitative estimate of drug-likeness (QED) is 0.770. The molecule has 1 aromatic rings. The second-order valence-corrected chi connectivity index (χ2v) is 6.43. The van der Waals surface area contributed by atoms with Crippen LogP contribution < -0.4 is 20.3 Å². The van der Waals surface area contributed by atoms with Crippen molar-refractivity contribution < 1.29 is 14.3 Å². The molecule has 1 atom stereocenters. The zero-order chi connectivity index (χ0) is 16.8. The van der Waals surface area contributed by atoms with Gasteiger partial charge in [0.15, 0.2) is 6.61 Å². The topological polar surface area (TPSA) is 70.7 Å². The normalized spacial score (nSPS) is 19.6. The number of carbonyl (C=O) groups excluding carboxylic acids is 2. The Hall–Kier alpha value is -1.79. The van der Waals surface area contributed by atoms with Crippen molar-refractivity contribution in [2.24, 2.45) is 5.92 Å². The molecular weight excluding hydrogens is 342 g/mol. The summed E-state index contributed by atoms with van der Waals surface area (Å²) in [5, 5.41) is 6.22. The first-order valence-corrected chi connectivity index (χ1v) is 8.73. The zero-order valence-corrected chi connectivity index (χ0v) is 15.1. The predicted molar refractivity (Wildman–Crippen MR) is 99.4 cm³/mol. The van der Waals surface area contributed by atoms with Crippen molar-refractivity contribution in [3.63, 3.8) is 0 Å².